The Morgan fingerprint density at radius 3 is 0.914 bits per heavy atom. The molecule has 0 aromatic heterocycles. The van der Waals surface area contributed by atoms with Gasteiger partial charge in [0.2, 0.25) is 0 Å². The Morgan fingerprint density at radius 2 is 0.613 bits per heavy atom. The van der Waals surface area contributed by atoms with E-state index < -0.39 is 24.3 Å². The number of hydrogen-bond acceptors (Lipinski definition) is 7. The molecule has 534 valence electrons. The van der Waals surface area contributed by atoms with Gasteiger partial charge in [-0.05, 0) is 109 Å². The van der Waals surface area contributed by atoms with E-state index in [2.05, 4.69) is 135 Å². The minimum absolute atomic E-state index is 0.181. The zero-order valence-corrected chi connectivity index (χ0v) is 61.1. The number of rotatable bonds is 71. The van der Waals surface area contributed by atoms with Crippen LogP contribution in [0.5, 0.6) is 0 Å². The van der Waals surface area contributed by atoms with Crippen LogP contribution in [-0.2, 0) is 33.3 Å². The van der Waals surface area contributed by atoms with Crippen LogP contribution in [0.2, 0.25) is 0 Å². The van der Waals surface area contributed by atoms with Gasteiger partial charge in [-0.1, -0.05) is 334 Å². The summed E-state index contributed by atoms with van der Waals surface area (Å²) in [5.41, 5.74) is 0. The average Bonchev–Trinajstić information content (AvgIpc) is 3.74. The number of quaternary nitrogens is 1. The van der Waals surface area contributed by atoms with Gasteiger partial charge in [-0.2, -0.15) is 0 Å². The molecule has 0 saturated heterocycles. The van der Waals surface area contributed by atoms with Crippen LogP contribution in [0, 0.1) is 0 Å². The lowest BCUT2D eigenvalue weighted by atomic mass is 10.0. The number of aliphatic carboxylic acids is 1. The first-order valence-corrected chi connectivity index (χ1v) is 38.7. The molecule has 2 unspecified atom stereocenters. The standard InChI is InChI=1S/C84H145NO8/c1-6-8-10-12-14-16-18-20-22-24-26-28-30-32-34-36-37-38-39-40-41-42-43-44-45-47-48-50-52-54-56-58-60-62-64-66-68-70-72-74-81(86)91-78-80(79-92-84(83(88)89)90-77-76-85(3,4)5)93-82(87)75-73-71-69-67-65-63-61-59-57-55-53-51-49-46-35-33-31-29-27-25-23-21-19-17-15-13-11-9-7-2/h9,11,15,17-18,20-21,23-24,26-27,29-30,32-33,35,49,51,55,57,80,84H,6-8,10,12-14,16,19,22,25,28,31,34,36-48,50,52-54,56,58-79H2,1-5H3/p+1/b11-9-,17-15-,20-18-,23-21-,26-24-,29-27-,32-30-,35-33-,51-49-,57-55-. The van der Waals surface area contributed by atoms with Crippen molar-refractivity contribution in [3.63, 3.8) is 0 Å². The molecule has 0 bridgehead atoms. The maximum absolute atomic E-state index is 13.0. The fourth-order valence-corrected chi connectivity index (χ4v) is 10.8. The number of nitrogens with zero attached hydrogens (tertiary/aromatic N) is 1. The van der Waals surface area contributed by atoms with Gasteiger partial charge in [0, 0.05) is 12.8 Å². The third kappa shape index (κ3) is 74.9. The minimum atomic E-state index is -1.52. The van der Waals surface area contributed by atoms with Crippen molar-refractivity contribution in [2.75, 3.05) is 47.5 Å². The summed E-state index contributed by atoms with van der Waals surface area (Å²) in [4.78, 5) is 37.7. The van der Waals surface area contributed by atoms with Crippen LogP contribution in [0.25, 0.3) is 0 Å². The van der Waals surface area contributed by atoms with Gasteiger partial charge in [-0.15, -0.1) is 0 Å². The van der Waals surface area contributed by atoms with Crippen molar-refractivity contribution in [2.24, 2.45) is 0 Å². The summed E-state index contributed by atoms with van der Waals surface area (Å²) in [5.74, 6) is -2.01. The largest absolute Gasteiger partial charge is 0.477 e. The van der Waals surface area contributed by atoms with E-state index in [1.165, 1.54) is 199 Å². The van der Waals surface area contributed by atoms with E-state index in [0.717, 1.165) is 103 Å². The lowest BCUT2D eigenvalue weighted by molar-refractivity contribution is -0.870. The summed E-state index contributed by atoms with van der Waals surface area (Å²) < 4.78 is 23.0. The van der Waals surface area contributed by atoms with E-state index in [0.29, 0.717) is 23.9 Å². The third-order valence-electron chi connectivity index (χ3n) is 16.7. The van der Waals surface area contributed by atoms with Gasteiger partial charge in [0.15, 0.2) is 6.10 Å². The highest BCUT2D eigenvalue weighted by Gasteiger charge is 2.25. The summed E-state index contributed by atoms with van der Waals surface area (Å²) >= 11 is 0. The molecule has 0 heterocycles. The molecule has 0 aliphatic heterocycles. The number of likely N-dealkylation sites (N-methyl/N-ethyl adjacent to an activating group) is 1. The maximum atomic E-state index is 13.0. The topological polar surface area (TPSA) is 108 Å². The fraction of sp³-hybridized carbons (Fsp3) is 0.726. The van der Waals surface area contributed by atoms with Crippen molar-refractivity contribution in [3.8, 4) is 0 Å². The van der Waals surface area contributed by atoms with Crippen LogP contribution in [0.4, 0.5) is 0 Å². The number of carboxylic acids is 1. The second-order valence-electron chi connectivity index (χ2n) is 26.9. The van der Waals surface area contributed by atoms with Gasteiger partial charge in [0.05, 0.1) is 34.4 Å². The lowest BCUT2D eigenvalue weighted by Crippen LogP contribution is -2.40. The fourth-order valence-electron chi connectivity index (χ4n) is 10.8. The zero-order chi connectivity index (χ0) is 67.5. The van der Waals surface area contributed by atoms with Crippen LogP contribution >= 0.6 is 0 Å². The van der Waals surface area contributed by atoms with Crippen LogP contribution in [0.1, 0.15) is 335 Å². The van der Waals surface area contributed by atoms with E-state index in [4.69, 9.17) is 18.9 Å². The lowest BCUT2D eigenvalue weighted by Gasteiger charge is -2.25. The second kappa shape index (κ2) is 73.5. The third-order valence-corrected chi connectivity index (χ3v) is 16.7. The van der Waals surface area contributed by atoms with Crippen molar-refractivity contribution in [1.82, 2.24) is 0 Å². The predicted molar refractivity (Wildman–Crippen MR) is 401 cm³/mol. The van der Waals surface area contributed by atoms with Crippen molar-refractivity contribution in [2.45, 2.75) is 347 Å². The minimum Gasteiger partial charge on any atom is -0.477 e. The normalized spacial score (nSPS) is 13.3. The zero-order valence-electron chi connectivity index (χ0n) is 61.1. The highest BCUT2D eigenvalue weighted by molar-refractivity contribution is 5.71. The van der Waals surface area contributed by atoms with Gasteiger partial charge in [-0.3, -0.25) is 9.59 Å². The molecule has 2 atom stereocenters. The molecule has 93 heavy (non-hydrogen) atoms. The van der Waals surface area contributed by atoms with E-state index >= 15 is 0 Å². The van der Waals surface area contributed by atoms with Crippen LogP contribution in [-0.4, -0.2) is 87.4 Å². The molecule has 0 spiro atoms. The van der Waals surface area contributed by atoms with Gasteiger partial charge in [-0.25, -0.2) is 4.79 Å². The number of allylic oxidation sites excluding steroid dienone is 20. The Hall–Kier alpha value is -4.31. The molecule has 9 nitrogen and oxygen atoms in total. The van der Waals surface area contributed by atoms with Crippen molar-refractivity contribution in [3.05, 3.63) is 122 Å². The molecule has 0 saturated carbocycles. The van der Waals surface area contributed by atoms with E-state index in [1.54, 1.807) is 0 Å². The van der Waals surface area contributed by atoms with Crippen LogP contribution < -0.4 is 0 Å². The van der Waals surface area contributed by atoms with Crippen LogP contribution in [0.15, 0.2) is 122 Å². The van der Waals surface area contributed by atoms with Crippen molar-refractivity contribution < 1.29 is 42.9 Å². The highest BCUT2D eigenvalue weighted by Crippen LogP contribution is 2.18. The number of carbonyl (C=O) groups excluding carboxylic acids is 2. The molecule has 0 aromatic rings. The number of hydrogen-bond donors (Lipinski definition) is 1. The first kappa shape index (κ1) is 88.7. The van der Waals surface area contributed by atoms with E-state index in [1.807, 2.05) is 21.1 Å². The first-order valence-electron chi connectivity index (χ1n) is 38.7. The summed E-state index contributed by atoms with van der Waals surface area (Å²) in [6, 6.07) is 0. The maximum Gasteiger partial charge on any atom is 0.361 e. The number of esters is 2. The number of ether oxygens (including phenoxy) is 4. The molecule has 9 heteroatoms. The Labute approximate surface area is 574 Å². The second-order valence-corrected chi connectivity index (χ2v) is 26.9. The molecule has 0 radical (unpaired) electrons. The molecule has 0 amide bonds. The highest BCUT2D eigenvalue weighted by atomic mass is 16.7. The predicted octanol–water partition coefficient (Wildman–Crippen LogP) is 24.7. The average molecular weight is 1300 g/mol. The van der Waals surface area contributed by atoms with E-state index in [9.17, 15) is 19.5 Å². The molecule has 0 aliphatic carbocycles. The first-order chi connectivity index (χ1) is 45.6. The number of carboxylic acid groups (broad SMARTS) is 1. The quantitative estimate of drug-likeness (QED) is 0.0211. The summed E-state index contributed by atoms with van der Waals surface area (Å²) in [7, 11) is 5.98. The van der Waals surface area contributed by atoms with Crippen molar-refractivity contribution >= 4 is 17.9 Å². The molecular weight excluding hydrogens is 1150 g/mol. The van der Waals surface area contributed by atoms with Gasteiger partial charge in [0.25, 0.3) is 6.29 Å². The molecule has 0 rings (SSSR count). The van der Waals surface area contributed by atoms with Gasteiger partial charge in [0.1, 0.15) is 13.2 Å². The molecule has 1 N–H and O–H groups in total. The Bertz CT molecular complexity index is 1950. The molecular formula is C84H146NO8+. The molecule has 0 aliphatic rings. The van der Waals surface area contributed by atoms with Crippen molar-refractivity contribution in [1.29, 1.82) is 0 Å². The van der Waals surface area contributed by atoms with Gasteiger partial charge >= 0.3 is 17.9 Å². The number of carbonyl (C=O) groups is 3. The summed E-state index contributed by atoms with van der Waals surface area (Å²) in [5, 5.41) is 9.76. The van der Waals surface area contributed by atoms with E-state index in [-0.39, 0.29) is 32.2 Å². The van der Waals surface area contributed by atoms with Crippen LogP contribution in [0.3, 0.4) is 0 Å². The monoisotopic (exact) mass is 1300 g/mol. The summed E-state index contributed by atoms with van der Waals surface area (Å²) in [6.45, 7) is 4.76. The molecule has 0 aromatic carbocycles. The molecule has 0 fully saturated rings. The summed E-state index contributed by atoms with van der Waals surface area (Å²) in [6.07, 6.45) is 102. The Balaban J connectivity index is 4.05. The number of unbranched alkanes of at least 4 members (excludes halogenated alkanes) is 36. The SMILES string of the molecule is CC/C=C\C/C=C\C/C=C\C/C=C\C/C=C\C/C=C\C/C=C\CCCCCCCCCC(=O)OC(COC(=O)CCCCCCCCCCCCCCCCCCCCCCCCCC/C=C\C/C=C\C/C=C\CCCCCCC)COC(OCC[N+](C)(C)C)C(=O)O. The Kier molecular flexibility index (Phi) is 70.1. The smallest absolute Gasteiger partial charge is 0.361 e. The van der Waals surface area contributed by atoms with Gasteiger partial charge < -0.3 is 28.5 Å². The Morgan fingerprint density at radius 1 is 0.333 bits per heavy atom.